The average molecular weight is 348 g/mol. The zero-order valence-corrected chi connectivity index (χ0v) is 14.0. The number of fused-ring (bicyclic) bond motifs is 1. The number of nitrogens with zero attached hydrogens (tertiary/aromatic N) is 2. The Labute approximate surface area is 144 Å². The summed E-state index contributed by atoms with van der Waals surface area (Å²) in [5, 5.41) is 0.400. The number of carbonyl (C=O) groups excluding carboxylic acids is 2. The number of benzene rings is 1. The molecule has 1 aromatic carbocycles. The number of carbonyl (C=O) groups is 2. The molecule has 2 amide bonds. The van der Waals surface area contributed by atoms with Gasteiger partial charge in [0.15, 0.2) is 0 Å². The quantitative estimate of drug-likeness (QED) is 0.826. The van der Waals surface area contributed by atoms with Gasteiger partial charge in [-0.15, -0.1) is 0 Å². The molecule has 134 valence electrons. The molecule has 25 heavy (non-hydrogen) atoms. The van der Waals surface area contributed by atoms with E-state index in [0.717, 1.165) is 0 Å². The van der Waals surface area contributed by atoms with E-state index >= 15 is 0 Å². The van der Waals surface area contributed by atoms with Crippen LogP contribution in [-0.2, 0) is 9.53 Å². The molecular formula is C17H21FN4O3. The van der Waals surface area contributed by atoms with E-state index in [1.54, 1.807) is 29.0 Å². The number of rotatable bonds is 5. The first-order valence-corrected chi connectivity index (χ1v) is 8.09. The second kappa shape index (κ2) is 7.20. The van der Waals surface area contributed by atoms with E-state index in [0.29, 0.717) is 42.8 Å². The Hall–Kier alpha value is -2.45. The van der Waals surface area contributed by atoms with Gasteiger partial charge in [-0.1, -0.05) is 6.07 Å². The largest absolute Gasteiger partial charge is 0.373 e. The molecule has 8 heteroatoms. The normalized spacial score (nSPS) is 18.0. The number of hydrogen-bond donors (Lipinski definition) is 2. The Morgan fingerprint density at radius 3 is 3.00 bits per heavy atom. The number of H-pyrrole nitrogens is 1. The molecule has 0 spiro atoms. The number of primary amides is 1. The fraction of sp³-hybridized carbons (Fsp3) is 0.412. The van der Waals surface area contributed by atoms with E-state index in [2.05, 4.69) is 4.98 Å². The standard InChI is InChI=1S/C17H21FN4O3/c1-21(10-16(19)23)8-11-9-22(5-6-25-11)17(24)15-7-12-13(18)3-2-4-14(12)20-15/h2-4,7,11,20H,5-6,8-10H2,1H3,(H2,19,23). The van der Waals surface area contributed by atoms with E-state index in [1.807, 2.05) is 0 Å². The Morgan fingerprint density at radius 1 is 1.48 bits per heavy atom. The predicted octanol–water partition coefficient (Wildman–Crippen LogP) is 0.565. The van der Waals surface area contributed by atoms with Crippen molar-refractivity contribution in [1.29, 1.82) is 0 Å². The predicted molar refractivity (Wildman–Crippen MR) is 90.6 cm³/mol. The Bertz CT molecular complexity index is 791. The summed E-state index contributed by atoms with van der Waals surface area (Å²) in [6, 6.07) is 6.23. The Morgan fingerprint density at radius 2 is 2.28 bits per heavy atom. The van der Waals surface area contributed by atoms with Gasteiger partial charge in [-0.3, -0.25) is 14.5 Å². The van der Waals surface area contributed by atoms with Gasteiger partial charge in [0.05, 0.1) is 19.3 Å². The van der Waals surface area contributed by atoms with E-state index < -0.39 is 5.91 Å². The van der Waals surface area contributed by atoms with Crippen LogP contribution in [0.4, 0.5) is 4.39 Å². The SMILES string of the molecule is CN(CC(N)=O)CC1CN(C(=O)c2cc3c(F)cccc3[nH]2)CCO1. The maximum atomic E-state index is 13.8. The lowest BCUT2D eigenvalue weighted by molar-refractivity contribution is -0.119. The van der Waals surface area contributed by atoms with Gasteiger partial charge in [0.1, 0.15) is 11.5 Å². The van der Waals surface area contributed by atoms with Gasteiger partial charge in [0.2, 0.25) is 5.91 Å². The summed E-state index contributed by atoms with van der Waals surface area (Å²) in [6.07, 6.45) is -0.205. The number of aromatic nitrogens is 1. The van der Waals surface area contributed by atoms with Crippen LogP contribution in [0.3, 0.4) is 0 Å². The van der Waals surface area contributed by atoms with Crippen molar-refractivity contribution in [3.05, 3.63) is 35.8 Å². The molecule has 1 aliphatic heterocycles. The highest BCUT2D eigenvalue weighted by Crippen LogP contribution is 2.20. The second-order valence-corrected chi connectivity index (χ2v) is 6.29. The molecule has 0 radical (unpaired) electrons. The van der Waals surface area contributed by atoms with Crippen molar-refractivity contribution in [2.45, 2.75) is 6.10 Å². The van der Waals surface area contributed by atoms with Crippen LogP contribution in [0.5, 0.6) is 0 Å². The Kier molecular flexibility index (Phi) is 5.00. The van der Waals surface area contributed by atoms with Gasteiger partial charge in [-0.2, -0.15) is 0 Å². The topological polar surface area (TPSA) is 91.7 Å². The molecule has 1 saturated heterocycles. The fourth-order valence-electron chi connectivity index (χ4n) is 3.10. The molecule has 7 nitrogen and oxygen atoms in total. The van der Waals surface area contributed by atoms with Crippen LogP contribution in [-0.4, -0.2) is 72.5 Å². The maximum Gasteiger partial charge on any atom is 0.270 e. The van der Waals surface area contributed by atoms with Gasteiger partial charge >= 0.3 is 0 Å². The summed E-state index contributed by atoms with van der Waals surface area (Å²) in [6.45, 7) is 1.91. The molecule has 1 aliphatic rings. The number of amides is 2. The van der Waals surface area contributed by atoms with Gasteiger partial charge in [0.25, 0.3) is 5.91 Å². The van der Waals surface area contributed by atoms with Crippen molar-refractivity contribution in [2.24, 2.45) is 5.73 Å². The summed E-state index contributed by atoms with van der Waals surface area (Å²) in [5.41, 5.74) is 6.12. The third-order valence-corrected chi connectivity index (χ3v) is 4.21. The minimum absolute atomic E-state index is 0.134. The highest BCUT2D eigenvalue weighted by atomic mass is 19.1. The second-order valence-electron chi connectivity index (χ2n) is 6.29. The minimum atomic E-state index is -0.411. The molecule has 3 rings (SSSR count). The van der Waals surface area contributed by atoms with E-state index in [1.165, 1.54) is 12.1 Å². The molecule has 1 fully saturated rings. The first kappa shape index (κ1) is 17.4. The zero-order valence-electron chi connectivity index (χ0n) is 14.0. The number of likely N-dealkylation sites (N-methyl/N-ethyl adjacent to an activating group) is 1. The van der Waals surface area contributed by atoms with Crippen LogP contribution in [0.2, 0.25) is 0 Å². The van der Waals surface area contributed by atoms with Crippen LogP contribution in [0.1, 0.15) is 10.5 Å². The fourth-order valence-corrected chi connectivity index (χ4v) is 3.10. The molecule has 1 atom stereocenters. The monoisotopic (exact) mass is 348 g/mol. The molecule has 2 aromatic rings. The number of morpholine rings is 1. The first-order valence-electron chi connectivity index (χ1n) is 8.09. The summed E-state index contributed by atoms with van der Waals surface area (Å²) in [7, 11) is 1.77. The van der Waals surface area contributed by atoms with Crippen LogP contribution in [0, 0.1) is 5.82 Å². The third kappa shape index (κ3) is 3.97. The van der Waals surface area contributed by atoms with E-state index in [9.17, 15) is 14.0 Å². The third-order valence-electron chi connectivity index (χ3n) is 4.21. The summed E-state index contributed by atoms with van der Waals surface area (Å²) < 4.78 is 19.5. The summed E-state index contributed by atoms with van der Waals surface area (Å²) >= 11 is 0. The number of hydrogen-bond acceptors (Lipinski definition) is 4. The number of nitrogens with two attached hydrogens (primary N) is 1. The Balaban J connectivity index is 1.68. The molecule has 0 bridgehead atoms. The van der Waals surface area contributed by atoms with Gasteiger partial charge in [0, 0.05) is 30.5 Å². The smallest absolute Gasteiger partial charge is 0.270 e. The van der Waals surface area contributed by atoms with Crippen molar-refractivity contribution in [3.8, 4) is 0 Å². The van der Waals surface area contributed by atoms with Crippen LogP contribution in [0.15, 0.2) is 24.3 Å². The highest BCUT2D eigenvalue weighted by Gasteiger charge is 2.27. The molecule has 2 heterocycles. The van der Waals surface area contributed by atoms with Crippen LogP contribution < -0.4 is 5.73 Å². The van der Waals surface area contributed by atoms with Crippen molar-refractivity contribution in [2.75, 3.05) is 39.8 Å². The number of halogens is 1. The number of aromatic amines is 1. The lowest BCUT2D eigenvalue weighted by Crippen LogP contribution is -2.50. The van der Waals surface area contributed by atoms with Crippen LogP contribution >= 0.6 is 0 Å². The summed E-state index contributed by atoms with van der Waals surface area (Å²) in [4.78, 5) is 30.1. The van der Waals surface area contributed by atoms with Gasteiger partial charge in [-0.05, 0) is 25.2 Å². The number of ether oxygens (including phenoxy) is 1. The van der Waals surface area contributed by atoms with E-state index in [-0.39, 0.29) is 24.4 Å². The van der Waals surface area contributed by atoms with E-state index in [4.69, 9.17) is 10.5 Å². The average Bonchev–Trinajstić information content (AvgIpc) is 2.99. The molecule has 1 unspecified atom stereocenters. The molecule has 0 aliphatic carbocycles. The molecular weight excluding hydrogens is 327 g/mol. The highest BCUT2D eigenvalue weighted by molar-refractivity contribution is 5.98. The number of nitrogens with one attached hydrogen (secondary N) is 1. The van der Waals surface area contributed by atoms with Crippen molar-refractivity contribution < 1.29 is 18.7 Å². The maximum absolute atomic E-state index is 13.8. The molecule has 1 aromatic heterocycles. The van der Waals surface area contributed by atoms with Crippen molar-refractivity contribution >= 4 is 22.7 Å². The van der Waals surface area contributed by atoms with Crippen molar-refractivity contribution in [3.63, 3.8) is 0 Å². The lowest BCUT2D eigenvalue weighted by atomic mass is 10.2. The van der Waals surface area contributed by atoms with Gasteiger partial charge in [-0.25, -0.2) is 4.39 Å². The molecule has 3 N–H and O–H groups in total. The van der Waals surface area contributed by atoms with Gasteiger partial charge < -0.3 is 20.4 Å². The first-order chi connectivity index (χ1) is 11.9. The lowest BCUT2D eigenvalue weighted by Gasteiger charge is -2.34. The minimum Gasteiger partial charge on any atom is -0.373 e. The van der Waals surface area contributed by atoms with Crippen LogP contribution in [0.25, 0.3) is 10.9 Å². The molecule has 0 saturated carbocycles. The summed E-state index contributed by atoms with van der Waals surface area (Å²) in [5.74, 6) is -0.964. The van der Waals surface area contributed by atoms with Crippen molar-refractivity contribution in [1.82, 2.24) is 14.8 Å². The zero-order chi connectivity index (χ0) is 18.0.